The fourth-order valence-electron chi connectivity index (χ4n) is 2.73. The van der Waals surface area contributed by atoms with Gasteiger partial charge in [-0.1, -0.05) is 18.2 Å². The fraction of sp³-hybridized carbons (Fsp3) is 0.214. The zero-order valence-corrected chi connectivity index (χ0v) is 11.1. The first kappa shape index (κ1) is 12.0. The number of anilines is 1. The van der Waals surface area contributed by atoms with E-state index >= 15 is 0 Å². The van der Waals surface area contributed by atoms with Crippen LogP contribution in [0.2, 0.25) is 0 Å². The number of para-hydroxylation sites is 1. The number of benzene rings is 1. The molecular weight excluding hydrogens is 270 g/mol. The van der Waals surface area contributed by atoms with Crippen LogP contribution < -0.4 is 16.0 Å². The molecule has 0 saturated heterocycles. The number of nitrogens with two attached hydrogens (primary N) is 1. The SMILES string of the molecule is Nc1nc2nc(C3CCOc4ccccc43)[nH]c2c(=O)[nH]1. The van der Waals surface area contributed by atoms with Crippen molar-refractivity contribution in [3.8, 4) is 5.75 Å². The minimum Gasteiger partial charge on any atom is -0.493 e. The van der Waals surface area contributed by atoms with Crippen molar-refractivity contribution in [1.82, 2.24) is 19.9 Å². The van der Waals surface area contributed by atoms with Gasteiger partial charge >= 0.3 is 0 Å². The first-order valence-corrected chi connectivity index (χ1v) is 6.69. The Bertz CT molecular complexity index is 882. The van der Waals surface area contributed by atoms with E-state index in [0.717, 1.165) is 17.7 Å². The third-order valence-electron chi connectivity index (χ3n) is 3.69. The Morgan fingerprint density at radius 3 is 3.00 bits per heavy atom. The molecule has 1 atom stereocenters. The molecule has 0 amide bonds. The van der Waals surface area contributed by atoms with Gasteiger partial charge in [0.2, 0.25) is 5.95 Å². The lowest BCUT2D eigenvalue weighted by atomic mass is 9.92. The lowest BCUT2D eigenvalue weighted by Gasteiger charge is -2.24. The number of hydrogen-bond donors (Lipinski definition) is 3. The quantitative estimate of drug-likeness (QED) is 0.620. The smallest absolute Gasteiger partial charge is 0.278 e. The number of fused-ring (bicyclic) bond motifs is 2. The molecule has 1 unspecified atom stereocenters. The Morgan fingerprint density at radius 1 is 1.24 bits per heavy atom. The Balaban J connectivity index is 1.88. The number of hydrogen-bond acceptors (Lipinski definition) is 5. The van der Waals surface area contributed by atoms with E-state index in [1.807, 2.05) is 24.3 Å². The van der Waals surface area contributed by atoms with Crippen molar-refractivity contribution in [3.63, 3.8) is 0 Å². The minimum absolute atomic E-state index is 0.0600. The van der Waals surface area contributed by atoms with Gasteiger partial charge in [-0.15, -0.1) is 0 Å². The molecule has 4 rings (SSSR count). The van der Waals surface area contributed by atoms with Crippen molar-refractivity contribution in [2.24, 2.45) is 0 Å². The van der Waals surface area contributed by atoms with Crippen molar-refractivity contribution in [2.75, 3.05) is 12.3 Å². The molecule has 4 N–H and O–H groups in total. The molecule has 2 aromatic heterocycles. The summed E-state index contributed by atoms with van der Waals surface area (Å²) in [6, 6.07) is 7.85. The summed E-state index contributed by atoms with van der Waals surface area (Å²) in [5.41, 5.74) is 6.99. The van der Waals surface area contributed by atoms with Gasteiger partial charge in [-0.05, 0) is 12.5 Å². The van der Waals surface area contributed by atoms with Crippen LogP contribution in [-0.2, 0) is 0 Å². The normalized spacial score (nSPS) is 17.4. The molecular formula is C14H13N5O2. The maximum atomic E-state index is 11.9. The van der Waals surface area contributed by atoms with Crippen LogP contribution in [0.4, 0.5) is 5.95 Å². The van der Waals surface area contributed by atoms with E-state index in [0.29, 0.717) is 23.6 Å². The minimum atomic E-state index is -0.309. The monoisotopic (exact) mass is 283 g/mol. The zero-order valence-electron chi connectivity index (χ0n) is 11.1. The van der Waals surface area contributed by atoms with E-state index in [1.54, 1.807) is 0 Å². The van der Waals surface area contributed by atoms with Gasteiger partial charge < -0.3 is 15.5 Å². The summed E-state index contributed by atoms with van der Waals surface area (Å²) in [6.45, 7) is 0.616. The zero-order chi connectivity index (χ0) is 14.4. The third-order valence-corrected chi connectivity index (χ3v) is 3.69. The second-order valence-corrected chi connectivity index (χ2v) is 5.00. The highest BCUT2D eigenvalue weighted by Crippen LogP contribution is 2.36. The van der Waals surface area contributed by atoms with Gasteiger partial charge in [0.15, 0.2) is 11.2 Å². The van der Waals surface area contributed by atoms with Crippen molar-refractivity contribution in [3.05, 3.63) is 46.0 Å². The highest BCUT2D eigenvalue weighted by Gasteiger charge is 2.26. The van der Waals surface area contributed by atoms with Crippen molar-refractivity contribution < 1.29 is 4.74 Å². The highest BCUT2D eigenvalue weighted by molar-refractivity contribution is 5.70. The van der Waals surface area contributed by atoms with Gasteiger partial charge in [-0.2, -0.15) is 4.98 Å². The molecule has 106 valence electrons. The van der Waals surface area contributed by atoms with Crippen LogP contribution in [0.1, 0.15) is 23.7 Å². The average molecular weight is 283 g/mol. The maximum absolute atomic E-state index is 11.9. The lowest BCUT2D eigenvalue weighted by Crippen LogP contribution is -2.16. The Labute approximate surface area is 119 Å². The van der Waals surface area contributed by atoms with Crippen LogP contribution in [0.5, 0.6) is 5.75 Å². The number of nitrogens with zero attached hydrogens (tertiary/aromatic N) is 2. The number of rotatable bonds is 1. The molecule has 1 aromatic carbocycles. The van der Waals surface area contributed by atoms with Crippen LogP contribution in [-0.4, -0.2) is 26.5 Å². The molecule has 1 aliphatic rings. The van der Waals surface area contributed by atoms with Crippen LogP contribution in [0, 0.1) is 0 Å². The molecule has 3 heterocycles. The molecule has 0 saturated carbocycles. The molecule has 0 spiro atoms. The summed E-state index contributed by atoms with van der Waals surface area (Å²) < 4.78 is 5.65. The molecule has 0 bridgehead atoms. The topological polar surface area (TPSA) is 110 Å². The van der Waals surface area contributed by atoms with E-state index in [4.69, 9.17) is 10.5 Å². The van der Waals surface area contributed by atoms with E-state index < -0.39 is 0 Å². The van der Waals surface area contributed by atoms with Gasteiger partial charge in [-0.3, -0.25) is 9.78 Å². The molecule has 1 aliphatic heterocycles. The van der Waals surface area contributed by atoms with Crippen molar-refractivity contribution in [1.29, 1.82) is 0 Å². The Hall–Kier alpha value is -2.83. The molecule has 0 radical (unpaired) electrons. The summed E-state index contributed by atoms with van der Waals surface area (Å²) in [7, 11) is 0. The first-order chi connectivity index (χ1) is 10.2. The standard InChI is InChI=1S/C14H13N5O2/c15-14-18-12-10(13(20)19-14)16-11(17-12)8-5-6-21-9-4-2-1-3-7(8)9/h1-4,8H,5-6H2,(H4,15,16,17,18,19,20). The molecule has 3 aromatic rings. The van der Waals surface area contributed by atoms with E-state index in [9.17, 15) is 4.79 Å². The van der Waals surface area contributed by atoms with Gasteiger partial charge in [-0.25, -0.2) is 4.98 Å². The molecule has 0 fully saturated rings. The van der Waals surface area contributed by atoms with Crippen molar-refractivity contribution in [2.45, 2.75) is 12.3 Å². The number of H-pyrrole nitrogens is 2. The number of nitrogen functional groups attached to an aromatic ring is 1. The van der Waals surface area contributed by atoms with Gasteiger partial charge in [0, 0.05) is 11.5 Å². The fourth-order valence-corrected chi connectivity index (χ4v) is 2.73. The first-order valence-electron chi connectivity index (χ1n) is 6.69. The molecule has 0 aliphatic carbocycles. The predicted octanol–water partition coefficient (Wildman–Crippen LogP) is 1.14. The van der Waals surface area contributed by atoms with Gasteiger partial charge in [0.05, 0.1) is 6.61 Å². The second kappa shape index (κ2) is 4.34. The second-order valence-electron chi connectivity index (χ2n) is 5.00. The summed E-state index contributed by atoms with van der Waals surface area (Å²) in [5, 5.41) is 0. The summed E-state index contributed by atoms with van der Waals surface area (Å²) >= 11 is 0. The third kappa shape index (κ3) is 1.85. The number of aromatic nitrogens is 4. The van der Waals surface area contributed by atoms with E-state index in [1.165, 1.54) is 0 Å². The van der Waals surface area contributed by atoms with Crippen molar-refractivity contribution >= 4 is 17.1 Å². The van der Waals surface area contributed by atoms with Gasteiger partial charge in [0.25, 0.3) is 5.56 Å². The lowest BCUT2D eigenvalue weighted by molar-refractivity contribution is 0.275. The van der Waals surface area contributed by atoms with E-state index in [-0.39, 0.29) is 17.4 Å². The number of nitrogens with one attached hydrogen (secondary N) is 2. The van der Waals surface area contributed by atoms with Crippen LogP contribution in [0.15, 0.2) is 29.1 Å². The predicted molar refractivity (Wildman–Crippen MR) is 77.3 cm³/mol. The number of aromatic amines is 2. The molecule has 7 nitrogen and oxygen atoms in total. The molecule has 7 heteroatoms. The van der Waals surface area contributed by atoms with Crippen LogP contribution in [0.3, 0.4) is 0 Å². The summed E-state index contributed by atoms with van der Waals surface area (Å²) in [5.74, 6) is 1.70. The Kier molecular flexibility index (Phi) is 2.47. The van der Waals surface area contributed by atoms with Crippen LogP contribution in [0.25, 0.3) is 11.2 Å². The largest absolute Gasteiger partial charge is 0.493 e. The maximum Gasteiger partial charge on any atom is 0.278 e. The summed E-state index contributed by atoms with van der Waals surface area (Å²) in [4.78, 5) is 25.9. The number of imidazole rings is 1. The summed E-state index contributed by atoms with van der Waals surface area (Å²) in [6.07, 6.45) is 0.796. The van der Waals surface area contributed by atoms with Gasteiger partial charge in [0.1, 0.15) is 11.6 Å². The number of ether oxygens (including phenoxy) is 1. The Morgan fingerprint density at radius 2 is 2.10 bits per heavy atom. The average Bonchev–Trinajstić information content (AvgIpc) is 2.90. The highest BCUT2D eigenvalue weighted by atomic mass is 16.5. The van der Waals surface area contributed by atoms with Crippen LogP contribution >= 0.6 is 0 Å². The molecule has 21 heavy (non-hydrogen) atoms. The van der Waals surface area contributed by atoms with E-state index in [2.05, 4.69) is 19.9 Å².